The predicted molar refractivity (Wildman–Crippen MR) is 70.7 cm³/mol. The number of esters is 1. The Morgan fingerprint density at radius 1 is 1.20 bits per heavy atom. The standard InChI is InChI=1S/C14H18FNO4/c1-9(2)16-14(18)10(3)20-13(17)8-19-12-6-4-11(15)5-7-12/h4-7,9-10H,8H2,1-3H3,(H,16,18)/t10-/m0/s1. The van der Waals surface area contributed by atoms with Gasteiger partial charge >= 0.3 is 5.97 Å². The average molecular weight is 283 g/mol. The van der Waals surface area contributed by atoms with Crippen LogP contribution in [0.5, 0.6) is 5.75 Å². The molecule has 1 aromatic rings. The van der Waals surface area contributed by atoms with Gasteiger partial charge in [-0.15, -0.1) is 0 Å². The van der Waals surface area contributed by atoms with Crippen LogP contribution in [0.15, 0.2) is 24.3 Å². The van der Waals surface area contributed by atoms with Crippen LogP contribution in [0.1, 0.15) is 20.8 Å². The first-order valence-electron chi connectivity index (χ1n) is 6.26. The van der Waals surface area contributed by atoms with Gasteiger partial charge in [-0.1, -0.05) is 0 Å². The molecule has 1 atom stereocenters. The van der Waals surface area contributed by atoms with Crippen LogP contribution in [0, 0.1) is 5.82 Å². The van der Waals surface area contributed by atoms with Crippen molar-refractivity contribution in [2.45, 2.75) is 32.9 Å². The van der Waals surface area contributed by atoms with Crippen LogP contribution in [0.3, 0.4) is 0 Å². The summed E-state index contributed by atoms with van der Waals surface area (Å²) in [6.07, 6.45) is -0.887. The highest BCUT2D eigenvalue weighted by atomic mass is 19.1. The van der Waals surface area contributed by atoms with E-state index in [4.69, 9.17) is 9.47 Å². The molecule has 0 fully saturated rings. The summed E-state index contributed by atoms with van der Waals surface area (Å²) in [7, 11) is 0. The first-order chi connectivity index (χ1) is 9.38. The molecule has 0 aromatic heterocycles. The lowest BCUT2D eigenvalue weighted by atomic mass is 10.3. The molecule has 1 N–H and O–H groups in total. The Morgan fingerprint density at radius 2 is 1.80 bits per heavy atom. The minimum atomic E-state index is -0.887. The van der Waals surface area contributed by atoms with E-state index in [1.165, 1.54) is 31.2 Å². The normalized spacial score (nSPS) is 11.8. The maximum Gasteiger partial charge on any atom is 0.344 e. The van der Waals surface area contributed by atoms with E-state index >= 15 is 0 Å². The van der Waals surface area contributed by atoms with Crippen molar-refractivity contribution in [1.82, 2.24) is 5.32 Å². The van der Waals surface area contributed by atoms with Crippen molar-refractivity contribution in [3.8, 4) is 5.75 Å². The zero-order valence-electron chi connectivity index (χ0n) is 11.7. The number of amides is 1. The van der Waals surface area contributed by atoms with Gasteiger partial charge < -0.3 is 14.8 Å². The zero-order valence-corrected chi connectivity index (χ0v) is 11.7. The minimum absolute atomic E-state index is 0.0286. The number of hydrogen-bond acceptors (Lipinski definition) is 4. The molecule has 1 aromatic carbocycles. The highest BCUT2D eigenvalue weighted by Crippen LogP contribution is 2.10. The van der Waals surface area contributed by atoms with Crippen molar-refractivity contribution >= 4 is 11.9 Å². The van der Waals surface area contributed by atoms with Gasteiger partial charge in [0.15, 0.2) is 12.7 Å². The molecule has 0 heterocycles. The Bertz CT molecular complexity index is 459. The van der Waals surface area contributed by atoms with E-state index in [-0.39, 0.29) is 24.4 Å². The second-order valence-corrected chi connectivity index (χ2v) is 4.54. The summed E-state index contributed by atoms with van der Waals surface area (Å²) >= 11 is 0. The van der Waals surface area contributed by atoms with Crippen LogP contribution in [-0.4, -0.2) is 30.6 Å². The first-order valence-corrected chi connectivity index (χ1v) is 6.26. The first kappa shape index (κ1) is 15.9. The summed E-state index contributed by atoms with van der Waals surface area (Å²) in [5.41, 5.74) is 0. The third-order valence-corrected chi connectivity index (χ3v) is 2.28. The summed E-state index contributed by atoms with van der Waals surface area (Å²) < 4.78 is 22.7. The number of ether oxygens (including phenoxy) is 2. The Labute approximate surface area is 117 Å². The molecule has 20 heavy (non-hydrogen) atoms. The number of carbonyl (C=O) groups is 2. The topological polar surface area (TPSA) is 64.6 Å². The van der Waals surface area contributed by atoms with Crippen LogP contribution >= 0.6 is 0 Å². The van der Waals surface area contributed by atoms with Gasteiger partial charge in [-0.25, -0.2) is 9.18 Å². The fourth-order valence-corrected chi connectivity index (χ4v) is 1.36. The van der Waals surface area contributed by atoms with E-state index in [1.54, 1.807) is 0 Å². The van der Waals surface area contributed by atoms with Crippen LogP contribution in [0.4, 0.5) is 4.39 Å². The zero-order chi connectivity index (χ0) is 15.1. The second kappa shape index (κ2) is 7.47. The summed E-state index contributed by atoms with van der Waals surface area (Å²) in [4.78, 5) is 23.0. The number of nitrogens with one attached hydrogen (secondary N) is 1. The van der Waals surface area contributed by atoms with Crippen LogP contribution in [0.2, 0.25) is 0 Å². The van der Waals surface area contributed by atoms with Gasteiger partial charge in [0.1, 0.15) is 11.6 Å². The molecule has 6 heteroatoms. The van der Waals surface area contributed by atoms with Crippen molar-refractivity contribution in [2.24, 2.45) is 0 Å². The van der Waals surface area contributed by atoms with E-state index in [2.05, 4.69) is 5.32 Å². The molecule has 0 saturated carbocycles. The van der Waals surface area contributed by atoms with E-state index in [0.717, 1.165) is 0 Å². The molecule has 110 valence electrons. The van der Waals surface area contributed by atoms with Crippen molar-refractivity contribution < 1.29 is 23.5 Å². The number of hydrogen-bond donors (Lipinski definition) is 1. The Balaban J connectivity index is 2.36. The molecule has 0 aliphatic carbocycles. The minimum Gasteiger partial charge on any atom is -0.482 e. The SMILES string of the molecule is CC(C)NC(=O)[C@H](C)OC(=O)COc1ccc(F)cc1. The number of halogens is 1. The summed E-state index contributed by atoms with van der Waals surface area (Å²) in [6.45, 7) is 4.76. The number of carbonyl (C=O) groups excluding carboxylic acids is 2. The molecule has 0 saturated heterocycles. The van der Waals surface area contributed by atoms with Gasteiger partial charge in [0, 0.05) is 6.04 Å². The third kappa shape index (κ3) is 5.69. The molecule has 1 rings (SSSR count). The molecule has 0 aliphatic heterocycles. The number of rotatable bonds is 6. The molecule has 0 spiro atoms. The molecule has 1 amide bonds. The highest BCUT2D eigenvalue weighted by molar-refractivity contribution is 5.83. The monoisotopic (exact) mass is 283 g/mol. The lowest BCUT2D eigenvalue weighted by Gasteiger charge is -2.15. The Hall–Kier alpha value is -2.11. The van der Waals surface area contributed by atoms with E-state index in [9.17, 15) is 14.0 Å². The molecular weight excluding hydrogens is 265 g/mol. The lowest BCUT2D eigenvalue weighted by molar-refractivity contribution is -0.156. The maximum atomic E-state index is 12.7. The molecule has 0 aliphatic rings. The van der Waals surface area contributed by atoms with Crippen molar-refractivity contribution in [1.29, 1.82) is 0 Å². The summed E-state index contributed by atoms with van der Waals surface area (Å²) in [5, 5.41) is 2.63. The van der Waals surface area contributed by atoms with Gasteiger partial charge in [-0.2, -0.15) is 0 Å². The van der Waals surface area contributed by atoms with Gasteiger partial charge in [0.2, 0.25) is 0 Å². The largest absolute Gasteiger partial charge is 0.482 e. The van der Waals surface area contributed by atoms with E-state index in [1.807, 2.05) is 13.8 Å². The molecule has 5 nitrogen and oxygen atoms in total. The highest BCUT2D eigenvalue weighted by Gasteiger charge is 2.18. The fraction of sp³-hybridized carbons (Fsp3) is 0.429. The van der Waals surface area contributed by atoms with Gasteiger partial charge in [0.05, 0.1) is 0 Å². The second-order valence-electron chi connectivity index (χ2n) is 4.54. The predicted octanol–water partition coefficient (Wildman–Crippen LogP) is 1.66. The van der Waals surface area contributed by atoms with Gasteiger partial charge in [-0.3, -0.25) is 4.79 Å². The van der Waals surface area contributed by atoms with E-state index in [0.29, 0.717) is 5.75 Å². The maximum absolute atomic E-state index is 12.7. The van der Waals surface area contributed by atoms with Crippen LogP contribution in [-0.2, 0) is 14.3 Å². The lowest BCUT2D eigenvalue weighted by Crippen LogP contribution is -2.40. The summed E-state index contributed by atoms with van der Waals surface area (Å²) in [6, 6.07) is 5.22. The van der Waals surface area contributed by atoms with Crippen molar-refractivity contribution in [3.05, 3.63) is 30.1 Å². The van der Waals surface area contributed by atoms with E-state index < -0.39 is 12.1 Å². The van der Waals surface area contributed by atoms with Crippen LogP contribution < -0.4 is 10.1 Å². The number of benzene rings is 1. The van der Waals surface area contributed by atoms with Crippen molar-refractivity contribution in [2.75, 3.05) is 6.61 Å². The Morgan fingerprint density at radius 3 is 2.35 bits per heavy atom. The molecular formula is C14H18FNO4. The third-order valence-electron chi connectivity index (χ3n) is 2.28. The fourth-order valence-electron chi connectivity index (χ4n) is 1.36. The van der Waals surface area contributed by atoms with Crippen molar-refractivity contribution in [3.63, 3.8) is 0 Å². The quantitative estimate of drug-likeness (QED) is 0.806. The van der Waals surface area contributed by atoms with Gasteiger partial charge in [-0.05, 0) is 45.0 Å². The smallest absolute Gasteiger partial charge is 0.344 e. The van der Waals surface area contributed by atoms with Crippen LogP contribution in [0.25, 0.3) is 0 Å². The summed E-state index contributed by atoms with van der Waals surface area (Å²) in [5.74, 6) is -1.07. The van der Waals surface area contributed by atoms with Gasteiger partial charge in [0.25, 0.3) is 5.91 Å². The Kier molecular flexibility index (Phi) is 5.96. The molecule has 0 bridgehead atoms. The molecule has 0 unspecified atom stereocenters. The average Bonchev–Trinajstić information content (AvgIpc) is 2.37. The molecule has 0 radical (unpaired) electrons.